The van der Waals surface area contributed by atoms with Crippen LogP contribution >= 0.6 is 0 Å². The first-order chi connectivity index (χ1) is 9.02. The third kappa shape index (κ3) is 5.18. The van der Waals surface area contributed by atoms with E-state index in [2.05, 4.69) is 9.62 Å². The topological polar surface area (TPSA) is 69.6 Å². The minimum Gasteiger partial charge on any atom is -0.392 e. The molecule has 0 aromatic heterocycles. The molecule has 5 nitrogen and oxygen atoms in total. The van der Waals surface area contributed by atoms with E-state index in [1.54, 1.807) is 0 Å². The molecule has 0 atom stereocenters. The van der Waals surface area contributed by atoms with Crippen LogP contribution in [-0.2, 0) is 16.6 Å². The summed E-state index contributed by atoms with van der Waals surface area (Å²) in [4.78, 5) is 2.10. The number of aliphatic hydroxyl groups excluding tert-OH is 1. The molecule has 0 aliphatic rings. The molecule has 0 spiro atoms. The molecule has 0 amide bonds. The number of anilines is 1. The third-order valence-corrected chi connectivity index (χ3v) is 4.44. The Morgan fingerprint density at radius 2 is 2.11 bits per heavy atom. The molecule has 1 aromatic carbocycles. The summed E-state index contributed by atoms with van der Waals surface area (Å²) < 4.78 is 25.0. The van der Waals surface area contributed by atoms with Gasteiger partial charge in [-0.3, -0.25) is 0 Å². The molecule has 0 radical (unpaired) electrons. The zero-order chi connectivity index (χ0) is 14.3. The van der Waals surface area contributed by atoms with Crippen LogP contribution in [0.3, 0.4) is 0 Å². The van der Waals surface area contributed by atoms with Crippen LogP contribution in [0, 0.1) is 0 Å². The van der Waals surface area contributed by atoms with E-state index in [4.69, 9.17) is 5.11 Å². The van der Waals surface area contributed by atoms with Crippen LogP contribution < -0.4 is 9.62 Å². The van der Waals surface area contributed by atoms with Gasteiger partial charge >= 0.3 is 0 Å². The number of hydrogen-bond donors (Lipinski definition) is 2. The Morgan fingerprint density at radius 1 is 1.37 bits per heavy atom. The van der Waals surface area contributed by atoms with E-state index < -0.39 is 10.0 Å². The van der Waals surface area contributed by atoms with Gasteiger partial charge in [0.25, 0.3) is 0 Å². The van der Waals surface area contributed by atoms with E-state index in [0.29, 0.717) is 13.0 Å². The fourth-order valence-corrected chi connectivity index (χ4v) is 2.58. The monoisotopic (exact) mass is 286 g/mol. The molecular weight excluding hydrogens is 264 g/mol. The number of nitrogens with zero attached hydrogens (tertiary/aromatic N) is 1. The summed E-state index contributed by atoms with van der Waals surface area (Å²) >= 11 is 0. The van der Waals surface area contributed by atoms with Gasteiger partial charge in [-0.25, -0.2) is 13.1 Å². The molecule has 1 aromatic rings. The van der Waals surface area contributed by atoms with Crippen LogP contribution in [-0.4, -0.2) is 39.4 Å². The van der Waals surface area contributed by atoms with Crippen molar-refractivity contribution in [1.82, 2.24) is 4.72 Å². The summed E-state index contributed by atoms with van der Waals surface area (Å²) in [6.07, 6.45) is 0.570. The Balaban J connectivity index is 2.63. The molecule has 0 heterocycles. The Hall–Kier alpha value is -1.11. The smallest absolute Gasteiger partial charge is 0.211 e. The summed E-state index contributed by atoms with van der Waals surface area (Å²) in [5.41, 5.74) is 1.87. The van der Waals surface area contributed by atoms with Crippen molar-refractivity contribution in [2.24, 2.45) is 0 Å². The van der Waals surface area contributed by atoms with Crippen LogP contribution in [0.4, 0.5) is 5.69 Å². The quantitative estimate of drug-likeness (QED) is 0.746. The second kappa shape index (κ2) is 7.47. The second-order valence-corrected chi connectivity index (χ2v) is 6.33. The van der Waals surface area contributed by atoms with Crippen molar-refractivity contribution in [3.05, 3.63) is 29.8 Å². The summed E-state index contributed by atoms with van der Waals surface area (Å²) in [5.74, 6) is 0.125. The summed E-state index contributed by atoms with van der Waals surface area (Å²) in [6, 6.07) is 7.65. The molecular formula is C13H22N2O3S. The number of rotatable bonds is 8. The number of hydrogen-bond acceptors (Lipinski definition) is 4. The Bertz CT molecular complexity index is 488. The van der Waals surface area contributed by atoms with E-state index in [9.17, 15) is 8.42 Å². The number of sulfonamides is 1. The highest BCUT2D eigenvalue weighted by Gasteiger charge is 2.09. The fourth-order valence-electron chi connectivity index (χ4n) is 1.87. The van der Waals surface area contributed by atoms with Gasteiger partial charge in [-0.1, -0.05) is 12.1 Å². The van der Waals surface area contributed by atoms with Gasteiger partial charge in [0, 0.05) is 18.8 Å². The van der Waals surface area contributed by atoms with Crippen LogP contribution in [0.5, 0.6) is 0 Å². The Kier molecular flexibility index (Phi) is 6.27. The van der Waals surface area contributed by atoms with Crippen molar-refractivity contribution < 1.29 is 13.5 Å². The molecule has 6 heteroatoms. The Morgan fingerprint density at radius 3 is 2.68 bits per heavy atom. The largest absolute Gasteiger partial charge is 0.392 e. The molecule has 0 saturated heterocycles. The van der Waals surface area contributed by atoms with Crippen molar-refractivity contribution in [1.29, 1.82) is 0 Å². The zero-order valence-electron chi connectivity index (χ0n) is 11.5. The molecule has 0 aliphatic carbocycles. The highest BCUT2D eigenvalue weighted by Crippen LogP contribution is 2.16. The average Bonchev–Trinajstić information content (AvgIpc) is 2.43. The minimum atomic E-state index is -3.14. The van der Waals surface area contributed by atoms with E-state index in [1.807, 2.05) is 31.2 Å². The summed E-state index contributed by atoms with van der Waals surface area (Å²) in [7, 11) is -1.71. The van der Waals surface area contributed by atoms with Gasteiger partial charge in [0.1, 0.15) is 0 Å². The highest BCUT2D eigenvalue weighted by atomic mass is 32.2. The van der Waals surface area contributed by atoms with Crippen LogP contribution in [0.2, 0.25) is 0 Å². The van der Waals surface area contributed by atoms with Gasteiger partial charge in [-0.05, 0) is 38.1 Å². The molecule has 1 rings (SSSR count). The lowest BCUT2D eigenvalue weighted by Crippen LogP contribution is -2.28. The van der Waals surface area contributed by atoms with Gasteiger partial charge in [-0.2, -0.15) is 0 Å². The van der Waals surface area contributed by atoms with Crippen LogP contribution in [0.15, 0.2) is 24.3 Å². The molecule has 2 N–H and O–H groups in total. The van der Waals surface area contributed by atoms with E-state index in [0.717, 1.165) is 17.8 Å². The number of aliphatic hydroxyl groups is 1. The molecule has 108 valence electrons. The maximum absolute atomic E-state index is 11.3. The Labute approximate surface area is 115 Å². The van der Waals surface area contributed by atoms with Gasteiger partial charge in [0.15, 0.2) is 0 Å². The second-order valence-electron chi connectivity index (χ2n) is 4.28. The minimum absolute atomic E-state index is 0.0134. The van der Waals surface area contributed by atoms with Gasteiger partial charge in [0.2, 0.25) is 10.0 Å². The first kappa shape index (κ1) is 15.9. The SMILES string of the molecule is CCN(CCCS(=O)(=O)NC)c1cccc(CO)c1. The maximum atomic E-state index is 11.3. The lowest BCUT2D eigenvalue weighted by Gasteiger charge is -2.23. The maximum Gasteiger partial charge on any atom is 0.211 e. The highest BCUT2D eigenvalue weighted by molar-refractivity contribution is 7.89. The molecule has 0 unspecified atom stereocenters. The predicted molar refractivity (Wildman–Crippen MR) is 77.7 cm³/mol. The molecule has 0 bridgehead atoms. The van der Waals surface area contributed by atoms with Crippen molar-refractivity contribution in [2.75, 3.05) is 30.8 Å². The number of nitrogens with one attached hydrogen (secondary N) is 1. The third-order valence-electron chi connectivity index (χ3n) is 2.99. The van der Waals surface area contributed by atoms with Gasteiger partial charge in [-0.15, -0.1) is 0 Å². The lowest BCUT2D eigenvalue weighted by atomic mass is 10.2. The fraction of sp³-hybridized carbons (Fsp3) is 0.538. The van der Waals surface area contributed by atoms with Crippen LogP contribution in [0.1, 0.15) is 18.9 Å². The average molecular weight is 286 g/mol. The van der Waals surface area contributed by atoms with Gasteiger partial charge < -0.3 is 10.0 Å². The summed E-state index contributed by atoms with van der Waals surface area (Å²) in [6.45, 7) is 3.51. The van der Waals surface area contributed by atoms with E-state index >= 15 is 0 Å². The molecule has 0 saturated carbocycles. The lowest BCUT2D eigenvalue weighted by molar-refractivity contribution is 0.282. The summed E-state index contributed by atoms with van der Waals surface area (Å²) in [5, 5.41) is 9.13. The first-order valence-corrected chi connectivity index (χ1v) is 8.03. The predicted octanol–water partition coefficient (Wildman–Crippen LogP) is 0.944. The zero-order valence-corrected chi connectivity index (χ0v) is 12.3. The van der Waals surface area contributed by atoms with Crippen molar-refractivity contribution in [3.8, 4) is 0 Å². The van der Waals surface area contributed by atoms with Crippen molar-refractivity contribution in [2.45, 2.75) is 20.0 Å². The van der Waals surface area contributed by atoms with E-state index in [-0.39, 0.29) is 12.4 Å². The standard InChI is InChI=1S/C13H22N2O3S/c1-3-15(8-5-9-19(17,18)14-2)13-7-4-6-12(10-13)11-16/h4,6-7,10,14,16H,3,5,8-9,11H2,1-2H3. The van der Waals surface area contributed by atoms with Crippen molar-refractivity contribution >= 4 is 15.7 Å². The van der Waals surface area contributed by atoms with Gasteiger partial charge in [0.05, 0.1) is 12.4 Å². The van der Waals surface area contributed by atoms with E-state index in [1.165, 1.54) is 7.05 Å². The molecule has 0 fully saturated rings. The number of benzene rings is 1. The van der Waals surface area contributed by atoms with Crippen molar-refractivity contribution in [3.63, 3.8) is 0 Å². The molecule has 0 aliphatic heterocycles. The van der Waals surface area contributed by atoms with Crippen LogP contribution in [0.25, 0.3) is 0 Å². The first-order valence-electron chi connectivity index (χ1n) is 6.38. The molecule has 19 heavy (non-hydrogen) atoms. The normalized spacial score (nSPS) is 11.5.